The zero-order valence-corrected chi connectivity index (χ0v) is 19.9. The highest BCUT2D eigenvalue weighted by molar-refractivity contribution is 7.92. The van der Waals surface area contributed by atoms with Crippen molar-refractivity contribution in [1.29, 1.82) is 0 Å². The molecule has 3 aromatic carbocycles. The first kappa shape index (κ1) is 22.9. The van der Waals surface area contributed by atoms with Gasteiger partial charge in [-0.3, -0.25) is 9.10 Å². The minimum absolute atomic E-state index is 0.117. The van der Waals surface area contributed by atoms with Gasteiger partial charge >= 0.3 is 0 Å². The summed E-state index contributed by atoms with van der Waals surface area (Å²) in [5.74, 6) is 0.543. The van der Waals surface area contributed by atoms with E-state index < -0.39 is 10.0 Å². The summed E-state index contributed by atoms with van der Waals surface area (Å²) in [6.45, 7) is 4.83. The molecule has 0 spiro atoms. The van der Waals surface area contributed by atoms with Crippen LogP contribution in [0.15, 0.2) is 77.7 Å². The van der Waals surface area contributed by atoms with Gasteiger partial charge in [-0.15, -0.1) is 0 Å². The van der Waals surface area contributed by atoms with Gasteiger partial charge in [0.2, 0.25) is 0 Å². The van der Waals surface area contributed by atoms with Crippen LogP contribution in [0.2, 0.25) is 0 Å². The second kappa shape index (κ2) is 9.27. The van der Waals surface area contributed by atoms with E-state index in [2.05, 4.69) is 0 Å². The molecule has 172 valence electrons. The molecule has 4 rings (SSSR count). The Morgan fingerprint density at radius 3 is 2.52 bits per heavy atom. The maximum Gasteiger partial charge on any atom is 0.264 e. The quantitative estimate of drug-likeness (QED) is 0.516. The number of anilines is 1. The number of ether oxygens (including phenoxy) is 1. The lowest BCUT2D eigenvalue weighted by atomic mass is 10.1. The first-order chi connectivity index (χ1) is 15.8. The number of carbonyl (C=O) groups is 1. The molecule has 1 heterocycles. The van der Waals surface area contributed by atoms with Gasteiger partial charge in [0.15, 0.2) is 0 Å². The molecule has 1 aliphatic rings. The van der Waals surface area contributed by atoms with Gasteiger partial charge in [-0.25, -0.2) is 8.42 Å². The van der Waals surface area contributed by atoms with Crippen LogP contribution in [0.1, 0.15) is 35.3 Å². The zero-order chi connectivity index (χ0) is 23.6. The van der Waals surface area contributed by atoms with Gasteiger partial charge in [-0.1, -0.05) is 36.4 Å². The second-order valence-electron chi connectivity index (χ2n) is 8.25. The van der Waals surface area contributed by atoms with Crippen molar-refractivity contribution >= 4 is 21.6 Å². The summed E-state index contributed by atoms with van der Waals surface area (Å²) in [7, 11) is -2.10. The van der Waals surface area contributed by atoms with Gasteiger partial charge in [-0.05, 0) is 67.8 Å². The molecular formula is C26H28N2O4S. The van der Waals surface area contributed by atoms with Crippen LogP contribution in [-0.2, 0) is 23.0 Å². The Morgan fingerprint density at radius 2 is 1.79 bits per heavy atom. The molecule has 0 fully saturated rings. The summed E-state index contributed by atoms with van der Waals surface area (Å²) in [6, 6.07) is 21.2. The van der Waals surface area contributed by atoms with E-state index in [1.54, 1.807) is 30.1 Å². The molecule has 0 bridgehead atoms. The van der Waals surface area contributed by atoms with Crippen LogP contribution in [0.4, 0.5) is 5.69 Å². The molecule has 1 unspecified atom stereocenters. The van der Waals surface area contributed by atoms with E-state index in [1.807, 2.05) is 62.4 Å². The lowest BCUT2D eigenvalue weighted by Gasteiger charge is -2.25. The van der Waals surface area contributed by atoms with E-state index in [9.17, 15) is 13.2 Å². The summed E-state index contributed by atoms with van der Waals surface area (Å²) in [4.78, 5) is 14.8. The van der Waals surface area contributed by atoms with Crippen molar-refractivity contribution in [3.05, 3.63) is 89.5 Å². The number of hydrogen-bond donors (Lipinski definition) is 0. The number of benzene rings is 3. The van der Waals surface area contributed by atoms with Crippen LogP contribution in [0.25, 0.3) is 0 Å². The first-order valence-corrected chi connectivity index (χ1v) is 12.4. The highest BCUT2D eigenvalue weighted by Gasteiger charge is 2.36. The number of sulfonamides is 1. The Hall–Kier alpha value is -3.32. The second-order valence-corrected chi connectivity index (χ2v) is 10.1. The van der Waals surface area contributed by atoms with E-state index in [4.69, 9.17) is 4.74 Å². The molecule has 0 aromatic heterocycles. The molecule has 6 nitrogen and oxygen atoms in total. The van der Waals surface area contributed by atoms with Crippen molar-refractivity contribution in [1.82, 2.24) is 4.90 Å². The fourth-order valence-corrected chi connectivity index (χ4v) is 5.97. The van der Waals surface area contributed by atoms with Crippen molar-refractivity contribution in [3.8, 4) is 5.75 Å². The number of carbonyl (C=O) groups excluding carboxylic acids is 1. The number of para-hydroxylation sites is 1. The van der Waals surface area contributed by atoms with E-state index in [1.165, 1.54) is 10.4 Å². The number of nitrogens with zero attached hydrogens (tertiary/aromatic N) is 2. The number of rotatable bonds is 7. The highest BCUT2D eigenvalue weighted by atomic mass is 32.2. The molecule has 0 N–H and O–H groups in total. The van der Waals surface area contributed by atoms with Gasteiger partial charge in [0, 0.05) is 25.2 Å². The van der Waals surface area contributed by atoms with E-state index in [0.29, 0.717) is 30.8 Å². The largest absolute Gasteiger partial charge is 0.494 e. The lowest BCUT2D eigenvalue weighted by molar-refractivity contribution is 0.0785. The topological polar surface area (TPSA) is 66.9 Å². The van der Waals surface area contributed by atoms with Crippen molar-refractivity contribution in [2.24, 2.45) is 0 Å². The minimum atomic E-state index is -3.80. The third-order valence-corrected chi connectivity index (χ3v) is 7.71. The molecule has 0 saturated heterocycles. The van der Waals surface area contributed by atoms with E-state index in [0.717, 1.165) is 16.9 Å². The number of hydrogen-bond acceptors (Lipinski definition) is 4. The Labute approximate surface area is 195 Å². The number of amides is 1. The standard InChI is InChI=1S/C26H28N2O4S/c1-4-32-23-14-12-20(13-15-23)18-27(3)26(29)22-9-7-10-24(17-22)33(30,31)28-19(2)16-21-8-5-6-11-25(21)28/h5-15,17,19H,4,16,18H2,1-3H3. The van der Waals surface area contributed by atoms with Crippen LogP contribution in [0.3, 0.4) is 0 Å². The monoisotopic (exact) mass is 464 g/mol. The molecule has 7 heteroatoms. The third-order valence-electron chi connectivity index (χ3n) is 5.78. The first-order valence-electron chi connectivity index (χ1n) is 11.0. The maximum atomic E-state index is 13.5. The highest BCUT2D eigenvalue weighted by Crippen LogP contribution is 2.36. The van der Waals surface area contributed by atoms with E-state index in [-0.39, 0.29) is 16.8 Å². The summed E-state index contributed by atoms with van der Waals surface area (Å²) in [5.41, 5.74) is 3.01. The van der Waals surface area contributed by atoms with Crippen LogP contribution in [0, 0.1) is 0 Å². The van der Waals surface area contributed by atoms with E-state index >= 15 is 0 Å². The molecular weight excluding hydrogens is 436 g/mol. The molecule has 1 atom stereocenters. The van der Waals surface area contributed by atoms with Crippen molar-refractivity contribution in [2.75, 3.05) is 18.0 Å². The Bertz CT molecular complexity index is 1260. The van der Waals surface area contributed by atoms with Crippen LogP contribution < -0.4 is 9.04 Å². The Balaban J connectivity index is 1.55. The Kier molecular flexibility index (Phi) is 6.42. The number of fused-ring (bicyclic) bond motifs is 1. The predicted molar refractivity (Wildman–Crippen MR) is 129 cm³/mol. The molecule has 0 radical (unpaired) electrons. The van der Waals surface area contributed by atoms with Gasteiger partial charge in [0.05, 0.1) is 17.2 Å². The Morgan fingerprint density at radius 1 is 1.06 bits per heavy atom. The average Bonchev–Trinajstić information content (AvgIpc) is 3.16. The molecule has 3 aromatic rings. The van der Waals surface area contributed by atoms with Crippen molar-refractivity contribution in [3.63, 3.8) is 0 Å². The molecule has 0 saturated carbocycles. The normalized spacial score (nSPS) is 15.2. The van der Waals surface area contributed by atoms with Gasteiger partial charge in [0.1, 0.15) is 5.75 Å². The molecule has 1 amide bonds. The lowest BCUT2D eigenvalue weighted by Crippen LogP contribution is -2.36. The fraction of sp³-hybridized carbons (Fsp3) is 0.269. The zero-order valence-electron chi connectivity index (χ0n) is 19.1. The van der Waals surface area contributed by atoms with Crippen LogP contribution in [0.5, 0.6) is 5.75 Å². The predicted octanol–water partition coefficient (Wildman–Crippen LogP) is 4.50. The van der Waals surface area contributed by atoms with Gasteiger partial charge in [-0.2, -0.15) is 0 Å². The smallest absolute Gasteiger partial charge is 0.264 e. The van der Waals surface area contributed by atoms with Gasteiger partial charge in [0.25, 0.3) is 15.9 Å². The molecule has 33 heavy (non-hydrogen) atoms. The van der Waals surface area contributed by atoms with Crippen molar-refractivity contribution < 1.29 is 17.9 Å². The summed E-state index contributed by atoms with van der Waals surface area (Å²) < 4.78 is 34.0. The summed E-state index contributed by atoms with van der Waals surface area (Å²) in [6.07, 6.45) is 0.666. The van der Waals surface area contributed by atoms with Gasteiger partial charge < -0.3 is 9.64 Å². The molecule has 1 aliphatic heterocycles. The van der Waals surface area contributed by atoms with Crippen LogP contribution >= 0.6 is 0 Å². The maximum absolute atomic E-state index is 13.5. The third kappa shape index (κ3) is 4.59. The van der Waals surface area contributed by atoms with Crippen LogP contribution in [-0.4, -0.2) is 38.9 Å². The SMILES string of the molecule is CCOc1ccc(CN(C)C(=O)c2cccc(S(=O)(=O)N3c4ccccc4CC3C)c2)cc1. The fourth-order valence-electron chi connectivity index (χ4n) is 4.23. The molecule has 0 aliphatic carbocycles. The summed E-state index contributed by atoms with van der Waals surface area (Å²) in [5, 5.41) is 0. The van der Waals surface area contributed by atoms with Crippen molar-refractivity contribution in [2.45, 2.75) is 37.8 Å². The average molecular weight is 465 g/mol. The minimum Gasteiger partial charge on any atom is -0.494 e. The summed E-state index contributed by atoms with van der Waals surface area (Å²) >= 11 is 0.